The molecule has 1 atom stereocenters. The Morgan fingerprint density at radius 3 is 2.79 bits per heavy atom. The lowest BCUT2D eigenvalue weighted by atomic mass is 10.2. The summed E-state index contributed by atoms with van der Waals surface area (Å²) in [7, 11) is -3.72. The topological polar surface area (TPSA) is 69.3 Å². The van der Waals surface area contributed by atoms with Crippen molar-refractivity contribution in [2.75, 3.05) is 26.2 Å². The van der Waals surface area contributed by atoms with E-state index in [9.17, 15) is 8.42 Å². The number of piperazine rings is 1. The molecule has 1 aliphatic heterocycles. The second-order valence-corrected chi connectivity index (χ2v) is 8.23. The Bertz CT molecular complexity index is 811. The SMILES string of the molecule is CCN1CCN(S(=O)(=O)c2cccc(Cl)c2Cl)CC1c1ncc[nH]1. The van der Waals surface area contributed by atoms with Crippen LogP contribution < -0.4 is 0 Å². The number of hydrogen-bond acceptors (Lipinski definition) is 4. The van der Waals surface area contributed by atoms with Crippen LogP contribution in [0.1, 0.15) is 18.8 Å². The highest BCUT2D eigenvalue weighted by Gasteiger charge is 2.36. The van der Waals surface area contributed by atoms with Crippen molar-refractivity contribution in [2.24, 2.45) is 0 Å². The molecule has 0 amide bonds. The molecule has 0 bridgehead atoms. The van der Waals surface area contributed by atoms with Gasteiger partial charge in [0.25, 0.3) is 0 Å². The van der Waals surface area contributed by atoms with Crippen LogP contribution >= 0.6 is 23.2 Å². The van der Waals surface area contributed by atoms with Crippen molar-refractivity contribution in [2.45, 2.75) is 17.9 Å². The first-order valence-corrected chi connectivity index (χ1v) is 9.82. The number of halogens is 2. The van der Waals surface area contributed by atoms with E-state index >= 15 is 0 Å². The fourth-order valence-electron chi connectivity index (χ4n) is 2.93. The number of aromatic amines is 1. The van der Waals surface area contributed by atoms with Crippen molar-refractivity contribution in [1.29, 1.82) is 0 Å². The lowest BCUT2D eigenvalue weighted by Crippen LogP contribution is -2.50. The summed E-state index contributed by atoms with van der Waals surface area (Å²) in [4.78, 5) is 9.62. The molecule has 1 aromatic carbocycles. The third kappa shape index (κ3) is 3.19. The summed E-state index contributed by atoms with van der Waals surface area (Å²) in [6.45, 7) is 4.20. The van der Waals surface area contributed by atoms with Crippen molar-refractivity contribution in [3.63, 3.8) is 0 Å². The Kier molecular flexibility index (Phi) is 5.17. The number of benzene rings is 1. The van der Waals surface area contributed by atoms with Crippen molar-refractivity contribution >= 4 is 33.2 Å². The number of rotatable bonds is 4. The van der Waals surface area contributed by atoms with Crippen LogP contribution in [0.5, 0.6) is 0 Å². The number of nitrogens with one attached hydrogen (secondary N) is 1. The predicted molar refractivity (Wildman–Crippen MR) is 93.8 cm³/mol. The van der Waals surface area contributed by atoms with Crippen LogP contribution in [0.25, 0.3) is 0 Å². The van der Waals surface area contributed by atoms with Gasteiger partial charge in [-0.15, -0.1) is 0 Å². The predicted octanol–water partition coefficient (Wildman–Crippen LogP) is 2.78. The van der Waals surface area contributed by atoms with Gasteiger partial charge in [-0.3, -0.25) is 4.90 Å². The quantitative estimate of drug-likeness (QED) is 0.873. The molecular weight excluding hydrogens is 371 g/mol. The number of hydrogen-bond donors (Lipinski definition) is 1. The summed E-state index contributed by atoms with van der Waals surface area (Å²) >= 11 is 12.1. The molecule has 1 fully saturated rings. The summed E-state index contributed by atoms with van der Waals surface area (Å²) in [5.41, 5.74) is 0. The number of H-pyrrole nitrogens is 1. The molecule has 9 heteroatoms. The highest BCUT2D eigenvalue weighted by atomic mass is 35.5. The highest BCUT2D eigenvalue weighted by molar-refractivity contribution is 7.89. The minimum absolute atomic E-state index is 0.0415. The van der Waals surface area contributed by atoms with Crippen LogP contribution in [-0.4, -0.2) is 53.8 Å². The Morgan fingerprint density at radius 1 is 1.33 bits per heavy atom. The van der Waals surface area contributed by atoms with E-state index in [-0.39, 0.29) is 21.0 Å². The second kappa shape index (κ2) is 7.01. The van der Waals surface area contributed by atoms with Gasteiger partial charge in [-0.1, -0.05) is 36.2 Å². The van der Waals surface area contributed by atoms with Crippen LogP contribution in [0, 0.1) is 0 Å². The zero-order valence-electron chi connectivity index (χ0n) is 13.1. The maximum absolute atomic E-state index is 13.0. The number of nitrogens with zero attached hydrogens (tertiary/aromatic N) is 3. The van der Waals surface area contributed by atoms with Crippen LogP contribution in [0.2, 0.25) is 10.0 Å². The third-order valence-corrected chi connectivity index (χ3v) is 7.07. The molecule has 1 N–H and O–H groups in total. The van der Waals surface area contributed by atoms with Gasteiger partial charge in [-0.05, 0) is 18.7 Å². The fraction of sp³-hybridized carbons (Fsp3) is 0.400. The molecule has 0 saturated carbocycles. The summed E-state index contributed by atoms with van der Waals surface area (Å²) in [6, 6.07) is 4.53. The van der Waals surface area contributed by atoms with Crippen LogP contribution in [0.3, 0.4) is 0 Å². The summed E-state index contributed by atoms with van der Waals surface area (Å²) in [5.74, 6) is 0.758. The molecule has 0 aliphatic carbocycles. The molecule has 1 aromatic heterocycles. The normalized spacial score (nSPS) is 20.4. The first-order chi connectivity index (χ1) is 11.4. The molecule has 0 spiro atoms. The number of likely N-dealkylation sites (N-methyl/N-ethyl adjacent to an activating group) is 1. The number of sulfonamides is 1. The third-order valence-electron chi connectivity index (χ3n) is 4.23. The zero-order chi connectivity index (χ0) is 17.3. The smallest absolute Gasteiger partial charge is 0.244 e. The summed E-state index contributed by atoms with van der Waals surface area (Å²) in [5, 5.41) is 0.291. The molecule has 0 radical (unpaired) electrons. The van der Waals surface area contributed by atoms with E-state index in [1.807, 2.05) is 6.92 Å². The van der Waals surface area contributed by atoms with Crippen molar-refractivity contribution < 1.29 is 8.42 Å². The van der Waals surface area contributed by atoms with Gasteiger partial charge in [0.15, 0.2) is 0 Å². The minimum atomic E-state index is -3.72. The lowest BCUT2D eigenvalue weighted by molar-refractivity contribution is 0.119. The first-order valence-electron chi connectivity index (χ1n) is 7.62. The van der Waals surface area contributed by atoms with E-state index in [0.717, 1.165) is 12.4 Å². The van der Waals surface area contributed by atoms with Crippen LogP contribution in [0.15, 0.2) is 35.5 Å². The van der Waals surface area contributed by atoms with E-state index < -0.39 is 10.0 Å². The number of imidazole rings is 1. The Labute approximate surface area is 151 Å². The van der Waals surface area contributed by atoms with Crippen molar-refractivity contribution in [3.05, 3.63) is 46.5 Å². The molecule has 2 aromatic rings. The Balaban J connectivity index is 1.93. The average molecular weight is 389 g/mol. The van der Waals surface area contributed by atoms with Crippen molar-refractivity contribution in [1.82, 2.24) is 19.2 Å². The molecular formula is C15H18Cl2N4O2S. The molecule has 1 saturated heterocycles. The van der Waals surface area contributed by atoms with Gasteiger partial charge in [0.2, 0.25) is 10.0 Å². The van der Waals surface area contributed by atoms with E-state index in [0.29, 0.717) is 19.6 Å². The highest BCUT2D eigenvalue weighted by Crippen LogP contribution is 2.33. The van der Waals surface area contributed by atoms with E-state index in [1.54, 1.807) is 24.5 Å². The van der Waals surface area contributed by atoms with Gasteiger partial charge in [0.1, 0.15) is 10.7 Å². The standard InChI is InChI=1S/C15H18Cl2N4O2S/c1-2-20-8-9-21(10-12(20)15-18-6-7-19-15)24(22,23)13-5-3-4-11(16)14(13)17/h3-7,12H,2,8-10H2,1H3,(H,18,19). The molecule has 1 unspecified atom stereocenters. The summed E-state index contributed by atoms with van der Waals surface area (Å²) < 4.78 is 27.5. The Hall–Kier alpha value is -1.12. The van der Waals surface area contributed by atoms with Gasteiger partial charge in [-0.2, -0.15) is 4.31 Å². The zero-order valence-corrected chi connectivity index (χ0v) is 15.4. The van der Waals surface area contributed by atoms with Gasteiger partial charge < -0.3 is 4.98 Å². The molecule has 6 nitrogen and oxygen atoms in total. The fourth-order valence-corrected chi connectivity index (χ4v) is 5.11. The molecule has 2 heterocycles. The maximum Gasteiger partial charge on any atom is 0.244 e. The largest absolute Gasteiger partial charge is 0.347 e. The average Bonchev–Trinajstić information content (AvgIpc) is 3.11. The minimum Gasteiger partial charge on any atom is -0.347 e. The monoisotopic (exact) mass is 388 g/mol. The van der Waals surface area contributed by atoms with Crippen molar-refractivity contribution in [3.8, 4) is 0 Å². The lowest BCUT2D eigenvalue weighted by Gasteiger charge is -2.39. The first kappa shape index (κ1) is 17.7. The van der Waals surface area contributed by atoms with Gasteiger partial charge in [-0.25, -0.2) is 13.4 Å². The van der Waals surface area contributed by atoms with E-state index in [1.165, 1.54) is 10.4 Å². The second-order valence-electron chi connectivity index (χ2n) is 5.53. The molecule has 3 rings (SSSR count). The van der Waals surface area contributed by atoms with Gasteiger partial charge in [0, 0.05) is 32.0 Å². The summed E-state index contributed by atoms with van der Waals surface area (Å²) in [6.07, 6.45) is 3.41. The molecule has 24 heavy (non-hydrogen) atoms. The van der Waals surface area contributed by atoms with E-state index in [4.69, 9.17) is 23.2 Å². The van der Waals surface area contributed by atoms with E-state index in [2.05, 4.69) is 14.9 Å². The number of aromatic nitrogens is 2. The van der Waals surface area contributed by atoms with Crippen LogP contribution in [0.4, 0.5) is 0 Å². The molecule has 1 aliphatic rings. The molecule has 130 valence electrons. The van der Waals surface area contributed by atoms with Crippen LogP contribution in [-0.2, 0) is 10.0 Å². The maximum atomic E-state index is 13.0. The van der Waals surface area contributed by atoms with Gasteiger partial charge >= 0.3 is 0 Å². The van der Waals surface area contributed by atoms with Gasteiger partial charge in [0.05, 0.1) is 16.1 Å². The Morgan fingerprint density at radius 2 is 2.12 bits per heavy atom.